The lowest BCUT2D eigenvalue weighted by Gasteiger charge is -2.24. The van der Waals surface area contributed by atoms with Gasteiger partial charge >= 0.3 is 0 Å². The van der Waals surface area contributed by atoms with Crippen molar-refractivity contribution in [2.75, 3.05) is 27.9 Å². The van der Waals surface area contributed by atoms with Gasteiger partial charge in [-0.25, -0.2) is 16.8 Å². The summed E-state index contributed by atoms with van der Waals surface area (Å²) in [6, 6.07) is 8.12. The van der Waals surface area contributed by atoms with E-state index in [4.69, 9.17) is 18.9 Å². The van der Waals surface area contributed by atoms with Crippen LogP contribution in [0.5, 0.6) is 23.0 Å². The van der Waals surface area contributed by atoms with Crippen LogP contribution in [0.1, 0.15) is 131 Å². The van der Waals surface area contributed by atoms with E-state index in [1.165, 1.54) is 128 Å². The molecule has 0 saturated heterocycles. The van der Waals surface area contributed by atoms with E-state index in [-0.39, 0.29) is 28.4 Å². The van der Waals surface area contributed by atoms with Crippen molar-refractivity contribution in [1.82, 2.24) is 0 Å². The van der Waals surface area contributed by atoms with Crippen molar-refractivity contribution in [3.05, 3.63) is 47.5 Å². The van der Waals surface area contributed by atoms with Gasteiger partial charge in [0.25, 0.3) is 0 Å². The lowest BCUT2D eigenvalue weighted by Crippen LogP contribution is -2.21. The molecule has 0 N–H and O–H groups in total. The molecule has 0 heterocycles. The highest BCUT2D eigenvalue weighted by molar-refractivity contribution is 7.86. The van der Waals surface area contributed by atoms with Crippen LogP contribution in [0.2, 0.25) is 0 Å². The smallest absolute Gasteiger partial charge is 0.161 e. The molecule has 0 aromatic heterocycles. The van der Waals surface area contributed by atoms with Crippen LogP contribution in [0.15, 0.2) is 36.4 Å². The maximum absolute atomic E-state index is 13.1. The Morgan fingerprint density at radius 3 is 1.33 bits per heavy atom. The van der Waals surface area contributed by atoms with Gasteiger partial charge in [0, 0.05) is 12.8 Å². The summed E-state index contributed by atoms with van der Waals surface area (Å²) < 4.78 is 94.9. The summed E-state index contributed by atoms with van der Waals surface area (Å²) in [6.07, 6.45) is 15.7. The summed E-state index contributed by atoms with van der Waals surface area (Å²) >= 11 is 0. The lowest BCUT2D eigenvalue weighted by atomic mass is 10.0. The van der Waals surface area contributed by atoms with Crippen LogP contribution in [0.25, 0.3) is 0 Å². The number of Topliss-reactive ketones (excluding diaryl/α,β-unsaturated/α-hetero) is 1. The number of unbranched alkanes of at least 4 members (excludes halogenated alkanes) is 13. The molecule has 0 aliphatic carbocycles. The van der Waals surface area contributed by atoms with Crippen LogP contribution in [0.3, 0.4) is 0 Å². The van der Waals surface area contributed by atoms with Crippen molar-refractivity contribution in [3.8, 4) is 23.0 Å². The first-order chi connectivity index (χ1) is 23.3. The van der Waals surface area contributed by atoms with Gasteiger partial charge in [-0.05, 0) is 41.8 Å². The first kappa shape index (κ1) is 42.3. The Labute approximate surface area is 293 Å². The summed E-state index contributed by atoms with van der Waals surface area (Å²) in [5.41, 5.74) is -0.0544. The van der Waals surface area contributed by atoms with Crippen LogP contribution in [0.4, 0.5) is 0 Å². The Hall–Kier alpha value is -2.87. The van der Waals surface area contributed by atoms with Crippen LogP contribution in [-0.2, 0) is 25.0 Å². The molecule has 0 amide bonds. The number of ketones is 1. The fourth-order valence-electron chi connectivity index (χ4n) is 5.81. The SMILES string of the molecule is CCCCCCCCCCCCCCCCOc1ccc(C(CC(=O)CC(c2ccc(OC)c(OC)c2)S(=O)(=O)[O-])S(=O)(=O)[O-])cc1OC. The highest BCUT2D eigenvalue weighted by Crippen LogP contribution is 2.37. The Morgan fingerprint density at radius 1 is 0.571 bits per heavy atom. The fraction of sp³-hybridized carbons (Fsp3) is 0.639. The van der Waals surface area contributed by atoms with E-state index in [2.05, 4.69) is 6.92 Å². The van der Waals surface area contributed by atoms with Crippen LogP contribution in [0, 0.1) is 0 Å². The third kappa shape index (κ3) is 15.3. The predicted molar refractivity (Wildman–Crippen MR) is 187 cm³/mol. The van der Waals surface area contributed by atoms with Crippen molar-refractivity contribution in [1.29, 1.82) is 0 Å². The van der Waals surface area contributed by atoms with E-state index >= 15 is 0 Å². The Bertz CT molecular complexity index is 1490. The molecule has 11 nitrogen and oxygen atoms in total. The van der Waals surface area contributed by atoms with Gasteiger partial charge < -0.3 is 28.1 Å². The molecular weight excluding hydrogens is 673 g/mol. The zero-order valence-electron chi connectivity index (χ0n) is 29.4. The molecule has 2 unspecified atom stereocenters. The molecular formula is C36H54O11S2-2. The molecule has 13 heteroatoms. The van der Waals surface area contributed by atoms with Crippen molar-refractivity contribution >= 4 is 26.0 Å². The molecule has 0 aliphatic heterocycles. The standard InChI is InChI=1S/C36H56O11S2/c1-5-6-7-8-9-10-11-12-13-14-15-16-17-18-23-47-32-22-20-29(25-34(32)46-4)36(49(41,42)43)27-30(37)26-35(48(38,39)40)28-19-21-31(44-2)33(24-28)45-3/h19-22,24-25,35-36H,5-18,23,26-27H2,1-4H3,(H,38,39,40)(H,41,42,43)/p-2. The molecule has 49 heavy (non-hydrogen) atoms. The monoisotopic (exact) mass is 726 g/mol. The predicted octanol–water partition coefficient (Wildman–Crippen LogP) is 7.79. The summed E-state index contributed by atoms with van der Waals surface area (Å²) in [6.45, 7) is 2.67. The largest absolute Gasteiger partial charge is 0.747 e. The van der Waals surface area contributed by atoms with Crippen molar-refractivity contribution in [3.63, 3.8) is 0 Å². The van der Waals surface area contributed by atoms with E-state index in [0.717, 1.165) is 19.3 Å². The van der Waals surface area contributed by atoms with Crippen molar-refractivity contribution in [2.24, 2.45) is 0 Å². The average Bonchev–Trinajstić information content (AvgIpc) is 3.06. The quantitative estimate of drug-likeness (QED) is 0.0651. The molecule has 2 aromatic rings. The number of carbonyl (C=O) groups is 1. The van der Waals surface area contributed by atoms with Gasteiger partial charge in [0.1, 0.15) is 26.0 Å². The number of rotatable bonds is 27. The highest BCUT2D eigenvalue weighted by Gasteiger charge is 2.29. The van der Waals surface area contributed by atoms with E-state index < -0.39 is 49.4 Å². The number of benzene rings is 2. The molecule has 0 radical (unpaired) electrons. The number of ether oxygens (including phenoxy) is 4. The van der Waals surface area contributed by atoms with Gasteiger partial charge in [-0.2, -0.15) is 0 Å². The normalized spacial score (nSPS) is 13.1. The molecule has 0 spiro atoms. The topological polar surface area (TPSA) is 168 Å². The Kier molecular flexibility index (Phi) is 19.0. The number of hydrogen-bond acceptors (Lipinski definition) is 11. The second-order valence-electron chi connectivity index (χ2n) is 12.4. The van der Waals surface area contributed by atoms with E-state index in [1.54, 1.807) is 0 Å². The summed E-state index contributed by atoms with van der Waals surface area (Å²) in [5.74, 6) is 0.0632. The Balaban J connectivity index is 1.92. The minimum Gasteiger partial charge on any atom is -0.747 e. The summed E-state index contributed by atoms with van der Waals surface area (Å²) in [5, 5.41) is -3.68. The number of methoxy groups -OCH3 is 3. The third-order valence-electron chi connectivity index (χ3n) is 8.62. The minimum atomic E-state index is -5.08. The summed E-state index contributed by atoms with van der Waals surface area (Å²) in [7, 11) is -6.08. The minimum absolute atomic E-state index is 0.0170. The van der Waals surface area contributed by atoms with Crippen molar-refractivity contribution in [2.45, 2.75) is 120 Å². The first-order valence-electron chi connectivity index (χ1n) is 17.3. The van der Waals surface area contributed by atoms with E-state index in [9.17, 15) is 30.7 Å². The molecule has 0 saturated carbocycles. The second-order valence-corrected chi connectivity index (χ2v) is 15.5. The van der Waals surface area contributed by atoms with Gasteiger partial charge in [0.15, 0.2) is 23.0 Å². The van der Waals surface area contributed by atoms with E-state index in [0.29, 0.717) is 12.4 Å². The zero-order valence-corrected chi connectivity index (χ0v) is 31.1. The maximum Gasteiger partial charge on any atom is 0.161 e. The third-order valence-corrected chi connectivity index (χ3v) is 10.9. The molecule has 2 aromatic carbocycles. The highest BCUT2D eigenvalue weighted by atomic mass is 32.2. The molecule has 2 rings (SSSR count). The lowest BCUT2D eigenvalue weighted by molar-refractivity contribution is -0.119. The van der Waals surface area contributed by atoms with Gasteiger partial charge in [-0.3, -0.25) is 4.79 Å². The number of carbonyl (C=O) groups excluding carboxylic acids is 1. The van der Waals surface area contributed by atoms with E-state index in [1.807, 2.05) is 0 Å². The van der Waals surface area contributed by atoms with Crippen molar-refractivity contribution < 1.29 is 49.7 Å². The molecule has 278 valence electrons. The number of hydrogen-bond donors (Lipinski definition) is 0. The van der Waals surface area contributed by atoms with Crippen LogP contribution >= 0.6 is 0 Å². The van der Waals surface area contributed by atoms with Gasteiger partial charge in [-0.1, -0.05) is 103 Å². The molecule has 2 atom stereocenters. The van der Waals surface area contributed by atoms with Crippen LogP contribution in [-0.4, -0.2) is 59.7 Å². The zero-order chi connectivity index (χ0) is 36.3. The Morgan fingerprint density at radius 2 is 0.939 bits per heavy atom. The average molecular weight is 727 g/mol. The molecule has 0 fully saturated rings. The maximum atomic E-state index is 13.1. The molecule has 0 aliphatic rings. The molecule has 0 bridgehead atoms. The first-order valence-corrected chi connectivity index (χ1v) is 20.2. The second kappa shape index (κ2) is 22.1. The van der Waals surface area contributed by atoms with Gasteiger partial charge in [-0.15, -0.1) is 0 Å². The van der Waals surface area contributed by atoms with Crippen LogP contribution < -0.4 is 18.9 Å². The summed E-state index contributed by atoms with van der Waals surface area (Å²) in [4.78, 5) is 13.1. The van der Waals surface area contributed by atoms with Gasteiger partial charge in [0.05, 0.1) is 38.4 Å². The fourth-order valence-corrected chi connectivity index (χ4v) is 7.55. The van der Waals surface area contributed by atoms with Gasteiger partial charge in [0.2, 0.25) is 0 Å².